The third-order valence-electron chi connectivity index (χ3n) is 3.49. The standard InChI is InChI=1S/C17H20N2O6/c1-17(22,14-5-4-8-25-14)10-18-15(20)16(21)19-11-6-7-12(23-2)13(9-11)24-3/h4-9,22H,10H2,1-3H3,(H,18,20)(H,19,21). The summed E-state index contributed by atoms with van der Waals surface area (Å²) in [6.07, 6.45) is 1.41. The topological polar surface area (TPSA) is 110 Å². The quantitative estimate of drug-likeness (QED) is 0.678. The molecule has 8 heteroatoms. The molecule has 1 aromatic heterocycles. The summed E-state index contributed by atoms with van der Waals surface area (Å²) in [5, 5.41) is 15.1. The molecule has 2 amide bonds. The van der Waals surface area contributed by atoms with E-state index in [1.807, 2.05) is 0 Å². The molecule has 1 unspecified atom stereocenters. The van der Waals surface area contributed by atoms with Crippen LogP contribution in [0, 0.1) is 0 Å². The first-order chi connectivity index (χ1) is 11.9. The number of amides is 2. The molecular weight excluding hydrogens is 328 g/mol. The molecule has 0 aliphatic rings. The van der Waals surface area contributed by atoms with Gasteiger partial charge in [-0.05, 0) is 31.2 Å². The third kappa shape index (κ3) is 4.51. The van der Waals surface area contributed by atoms with Gasteiger partial charge in [0.15, 0.2) is 11.5 Å². The summed E-state index contributed by atoms with van der Waals surface area (Å²) in [5.74, 6) is -0.557. The van der Waals surface area contributed by atoms with Gasteiger partial charge in [0.05, 0.1) is 27.0 Å². The van der Waals surface area contributed by atoms with Crippen LogP contribution in [-0.2, 0) is 15.2 Å². The monoisotopic (exact) mass is 348 g/mol. The Morgan fingerprint density at radius 2 is 1.88 bits per heavy atom. The summed E-state index contributed by atoms with van der Waals surface area (Å²) in [4.78, 5) is 23.9. The Morgan fingerprint density at radius 1 is 1.16 bits per heavy atom. The fourth-order valence-electron chi connectivity index (χ4n) is 2.11. The number of hydrogen-bond donors (Lipinski definition) is 3. The summed E-state index contributed by atoms with van der Waals surface area (Å²) in [5.41, 5.74) is -1.06. The number of ether oxygens (including phenoxy) is 2. The molecule has 0 radical (unpaired) electrons. The Balaban J connectivity index is 1.95. The summed E-state index contributed by atoms with van der Waals surface area (Å²) in [6, 6.07) is 7.91. The van der Waals surface area contributed by atoms with Crippen LogP contribution in [0.1, 0.15) is 12.7 Å². The molecule has 134 valence electrons. The molecule has 0 bridgehead atoms. The number of methoxy groups -OCH3 is 2. The Hall–Kier alpha value is -3.00. The van der Waals surface area contributed by atoms with Gasteiger partial charge in [-0.15, -0.1) is 0 Å². The molecule has 2 rings (SSSR count). The Bertz CT molecular complexity index is 740. The van der Waals surface area contributed by atoms with Crippen molar-refractivity contribution in [2.24, 2.45) is 0 Å². The highest BCUT2D eigenvalue weighted by Crippen LogP contribution is 2.29. The van der Waals surface area contributed by atoms with Crippen LogP contribution in [0.15, 0.2) is 41.0 Å². The maximum Gasteiger partial charge on any atom is 0.313 e. The largest absolute Gasteiger partial charge is 0.493 e. The second-order valence-corrected chi connectivity index (χ2v) is 5.46. The lowest BCUT2D eigenvalue weighted by Gasteiger charge is -2.20. The van der Waals surface area contributed by atoms with Crippen LogP contribution in [0.25, 0.3) is 0 Å². The van der Waals surface area contributed by atoms with E-state index in [1.165, 1.54) is 33.5 Å². The average Bonchev–Trinajstić information content (AvgIpc) is 3.15. The van der Waals surface area contributed by atoms with Gasteiger partial charge in [-0.1, -0.05) is 0 Å². The van der Waals surface area contributed by atoms with Gasteiger partial charge in [0.1, 0.15) is 11.4 Å². The normalized spacial score (nSPS) is 12.8. The van der Waals surface area contributed by atoms with Crippen molar-refractivity contribution in [2.75, 3.05) is 26.1 Å². The maximum absolute atomic E-state index is 12.0. The number of rotatable bonds is 6. The Morgan fingerprint density at radius 3 is 2.48 bits per heavy atom. The van der Waals surface area contributed by atoms with E-state index in [-0.39, 0.29) is 12.3 Å². The molecule has 0 saturated heterocycles. The van der Waals surface area contributed by atoms with E-state index in [0.717, 1.165) is 0 Å². The lowest BCUT2D eigenvalue weighted by atomic mass is 10.0. The molecule has 2 aromatic rings. The Kier molecular flexibility index (Phi) is 5.66. The van der Waals surface area contributed by atoms with Gasteiger partial charge in [-0.25, -0.2) is 0 Å². The molecule has 1 aromatic carbocycles. The van der Waals surface area contributed by atoms with Crippen LogP contribution in [0.4, 0.5) is 5.69 Å². The molecule has 25 heavy (non-hydrogen) atoms. The van der Waals surface area contributed by atoms with E-state index in [0.29, 0.717) is 17.2 Å². The highest BCUT2D eigenvalue weighted by Gasteiger charge is 2.28. The van der Waals surface area contributed by atoms with Gasteiger partial charge in [0.2, 0.25) is 0 Å². The van der Waals surface area contributed by atoms with Gasteiger partial charge >= 0.3 is 11.8 Å². The first kappa shape index (κ1) is 18.3. The zero-order chi connectivity index (χ0) is 18.4. The van der Waals surface area contributed by atoms with E-state index in [4.69, 9.17) is 13.9 Å². The fourth-order valence-corrected chi connectivity index (χ4v) is 2.11. The van der Waals surface area contributed by atoms with Crippen molar-refractivity contribution in [3.05, 3.63) is 42.4 Å². The molecule has 8 nitrogen and oxygen atoms in total. The summed E-state index contributed by atoms with van der Waals surface area (Å²) < 4.78 is 15.3. The van der Waals surface area contributed by atoms with Crippen LogP contribution >= 0.6 is 0 Å². The molecule has 0 aliphatic heterocycles. The predicted molar refractivity (Wildman–Crippen MR) is 89.5 cm³/mol. The van der Waals surface area contributed by atoms with Crippen molar-refractivity contribution in [2.45, 2.75) is 12.5 Å². The second kappa shape index (κ2) is 7.71. The van der Waals surface area contributed by atoms with Gasteiger partial charge in [-0.2, -0.15) is 0 Å². The number of carbonyl (C=O) groups excluding carboxylic acids is 2. The molecule has 0 saturated carbocycles. The van der Waals surface area contributed by atoms with E-state index in [2.05, 4.69) is 10.6 Å². The highest BCUT2D eigenvalue weighted by molar-refractivity contribution is 6.39. The number of aliphatic hydroxyl groups is 1. The molecule has 1 atom stereocenters. The molecule has 1 heterocycles. The second-order valence-electron chi connectivity index (χ2n) is 5.46. The number of carbonyl (C=O) groups is 2. The van der Waals surface area contributed by atoms with Crippen LogP contribution in [0.5, 0.6) is 11.5 Å². The summed E-state index contributed by atoms with van der Waals surface area (Å²) in [6.45, 7) is 1.29. The molecule has 3 N–H and O–H groups in total. The number of furan rings is 1. The molecular formula is C17H20N2O6. The lowest BCUT2D eigenvalue weighted by molar-refractivity contribution is -0.136. The fraction of sp³-hybridized carbons (Fsp3) is 0.294. The van der Waals surface area contributed by atoms with Gasteiger partial charge in [0, 0.05) is 11.8 Å². The maximum atomic E-state index is 12.0. The zero-order valence-corrected chi connectivity index (χ0v) is 14.2. The lowest BCUT2D eigenvalue weighted by Crippen LogP contribution is -2.43. The van der Waals surface area contributed by atoms with Crippen molar-refractivity contribution in [1.29, 1.82) is 0 Å². The first-order valence-electron chi connectivity index (χ1n) is 7.45. The van der Waals surface area contributed by atoms with Crippen molar-refractivity contribution < 1.29 is 28.6 Å². The van der Waals surface area contributed by atoms with Crippen LogP contribution in [0.2, 0.25) is 0 Å². The van der Waals surface area contributed by atoms with E-state index in [1.54, 1.807) is 24.3 Å². The van der Waals surface area contributed by atoms with E-state index in [9.17, 15) is 14.7 Å². The number of anilines is 1. The highest BCUT2D eigenvalue weighted by atomic mass is 16.5. The number of benzene rings is 1. The molecule has 0 spiro atoms. The van der Waals surface area contributed by atoms with Crippen LogP contribution in [0.3, 0.4) is 0 Å². The minimum Gasteiger partial charge on any atom is -0.493 e. The first-order valence-corrected chi connectivity index (χ1v) is 7.45. The Labute approximate surface area is 144 Å². The van der Waals surface area contributed by atoms with Gasteiger partial charge < -0.3 is 29.6 Å². The summed E-state index contributed by atoms with van der Waals surface area (Å²) >= 11 is 0. The van der Waals surface area contributed by atoms with Crippen LogP contribution < -0.4 is 20.1 Å². The van der Waals surface area contributed by atoms with Gasteiger partial charge in [-0.3, -0.25) is 9.59 Å². The van der Waals surface area contributed by atoms with E-state index < -0.39 is 17.4 Å². The predicted octanol–water partition coefficient (Wildman–Crippen LogP) is 1.26. The smallest absolute Gasteiger partial charge is 0.313 e. The SMILES string of the molecule is COc1ccc(NC(=O)C(=O)NCC(C)(O)c2ccco2)cc1OC. The van der Waals surface area contributed by atoms with E-state index >= 15 is 0 Å². The molecule has 0 fully saturated rings. The van der Waals surface area contributed by atoms with Crippen molar-refractivity contribution in [1.82, 2.24) is 5.32 Å². The minimum absolute atomic E-state index is 0.182. The third-order valence-corrected chi connectivity index (χ3v) is 3.49. The van der Waals surface area contributed by atoms with Gasteiger partial charge in [0.25, 0.3) is 0 Å². The average molecular weight is 348 g/mol. The number of nitrogens with one attached hydrogen (secondary N) is 2. The minimum atomic E-state index is -1.43. The zero-order valence-electron chi connectivity index (χ0n) is 14.2. The van der Waals surface area contributed by atoms with Crippen molar-refractivity contribution >= 4 is 17.5 Å². The summed E-state index contributed by atoms with van der Waals surface area (Å²) in [7, 11) is 2.96. The molecule has 0 aliphatic carbocycles. The van der Waals surface area contributed by atoms with Crippen molar-refractivity contribution in [3.8, 4) is 11.5 Å². The van der Waals surface area contributed by atoms with Crippen molar-refractivity contribution in [3.63, 3.8) is 0 Å². The number of hydrogen-bond acceptors (Lipinski definition) is 6. The van der Waals surface area contributed by atoms with Crippen LogP contribution in [-0.4, -0.2) is 37.7 Å².